The summed E-state index contributed by atoms with van der Waals surface area (Å²) >= 11 is 0. The zero-order valence-electron chi connectivity index (χ0n) is 13.5. The van der Waals surface area contributed by atoms with Gasteiger partial charge in [-0.25, -0.2) is 8.42 Å². The monoisotopic (exact) mass is 342 g/mol. The molecule has 1 N–H and O–H groups in total. The highest BCUT2D eigenvalue weighted by molar-refractivity contribution is 7.89. The largest absolute Gasteiger partial charge is 0.497 e. The molecule has 1 heterocycles. The number of amides is 1. The minimum absolute atomic E-state index is 0.0527. The molecule has 23 heavy (non-hydrogen) atoms. The molecule has 0 spiro atoms. The van der Waals surface area contributed by atoms with Crippen LogP contribution in [0.5, 0.6) is 11.5 Å². The van der Waals surface area contributed by atoms with Crippen molar-refractivity contribution in [2.24, 2.45) is 5.92 Å². The number of rotatable bonds is 5. The lowest BCUT2D eigenvalue weighted by atomic mass is 9.99. The van der Waals surface area contributed by atoms with Crippen molar-refractivity contribution >= 4 is 15.9 Å². The van der Waals surface area contributed by atoms with Gasteiger partial charge in [0.1, 0.15) is 16.4 Å². The standard InChI is InChI=1S/C15H22N2O5S/c1-16-15(18)11-5-4-8-17(10-11)23(19,20)14-9-12(21-2)6-7-13(14)22-3/h6-7,9,11H,4-5,8,10H2,1-3H3,(H,16,18)/t11-/m0/s1. The Kier molecular flexibility index (Phi) is 5.48. The van der Waals surface area contributed by atoms with Crippen LogP contribution in [-0.4, -0.2) is 53.0 Å². The highest BCUT2D eigenvalue weighted by atomic mass is 32.2. The molecule has 0 saturated carbocycles. The number of hydrogen-bond acceptors (Lipinski definition) is 5. The SMILES string of the molecule is CNC(=O)[C@H]1CCCN(S(=O)(=O)c2cc(OC)ccc2OC)C1. The summed E-state index contributed by atoms with van der Waals surface area (Å²) in [4.78, 5) is 11.9. The molecule has 1 aliphatic rings. The number of carbonyl (C=O) groups is 1. The van der Waals surface area contributed by atoms with Gasteiger partial charge in [0.2, 0.25) is 15.9 Å². The quantitative estimate of drug-likeness (QED) is 0.857. The number of methoxy groups -OCH3 is 2. The highest BCUT2D eigenvalue weighted by Gasteiger charge is 2.34. The molecular formula is C15H22N2O5S. The molecular weight excluding hydrogens is 320 g/mol. The Balaban J connectivity index is 2.36. The van der Waals surface area contributed by atoms with Gasteiger partial charge in [-0.1, -0.05) is 0 Å². The first kappa shape index (κ1) is 17.6. The van der Waals surface area contributed by atoms with Crippen LogP contribution in [0.2, 0.25) is 0 Å². The third-order valence-corrected chi connectivity index (χ3v) is 5.88. The van der Waals surface area contributed by atoms with Gasteiger partial charge in [-0.2, -0.15) is 4.31 Å². The van der Waals surface area contributed by atoms with Crippen molar-refractivity contribution in [1.82, 2.24) is 9.62 Å². The second-order valence-electron chi connectivity index (χ2n) is 5.33. The van der Waals surface area contributed by atoms with Crippen molar-refractivity contribution in [3.8, 4) is 11.5 Å². The Morgan fingerprint density at radius 2 is 2.04 bits per heavy atom. The number of hydrogen-bond donors (Lipinski definition) is 1. The predicted octanol–water partition coefficient (Wildman–Crippen LogP) is 0.850. The zero-order chi connectivity index (χ0) is 17.0. The van der Waals surface area contributed by atoms with Gasteiger partial charge in [-0.3, -0.25) is 4.79 Å². The van der Waals surface area contributed by atoms with E-state index < -0.39 is 10.0 Å². The average Bonchev–Trinajstić information content (AvgIpc) is 2.60. The second-order valence-corrected chi connectivity index (χ2v) is 7.24. The fraction of sp³-hybridized carbons (Fsp3) is 0.533. The van der Waals surface area contributed by atoms with Gasteiger partial charge in [0, 0.05) is 26.2 Å². The van der Waals surface area contributed by atoms with E-state index in [-0.39, 0.29) is 29.0 Å². The lowest BCUT2D eigenvalue weighted by Crippen LogP contribution is -2.44. The van der Waals surface area contributed by atoms with Gasteiger partial charge in [-0.15, -0.1) is 0 Å². The fourth-order valence-corrected chi connectivity index (χ4v) is 4.40. The molecule has 1 atom stereocenters. The zero-order valence-corrected chi connectivity index (χ0v) is 14.4. The minimum atomic E-state index is -3.76. The number of piperidine rings is 1. The third-order valence-electron chi connectivity index (χ3n) is 3.99. The Morgan fingerprint density at radius 3 is 2.65 bits per heavy atom. The van der Waals surface area contributed by atoms with E-state index in [9.17, 15) is 13.2 Å². The molecule has 1 saturated heterocycles. The molecule has 1 aromatic rings. The maximum atomic E-state index is 13.0. The van der Waals surface area contributed by atoms with Crippen LogP contribution in [0.3, 0.4) is 0 Å². The Bertz CT molecular complexity index is 674. The molecule has 1 aliphatic heterocycles. The van der Waals surface area contributed by atoms with E-state index in [4.69, 9.17) is 9.47 Å². The smallest absolute Gasteiger partial charge is 0.246 e. The van der Waals surface area contributed by atoms with Gasteiger partial charge in [-0.05, 0) is 25.0 Å². The van der Waals surface area contributed by atoms with Gasteiger partial charge in [0.05, 0.1) is 20.1 Å². The molecule has 1 fully saturated rings. The lowest BCUT2D eigenvalue weighted by molar-refractivity contribution is -0.125. The van der Waals surface area contributed by atoms with Crippen molar-refractivity contribution in [2.45, 2.75) is 17.7 Å². The first-order valence-corrected chi connectivity index (χ1v) is 8.81. The summed E-state index contributed by atoms with van der Waals surface area (Å²) in [6, 6.07) is 4.64. The number of benzene rings is 1. The van der Waals surface area contributed by atoms with Crippen LogP contribution in [0, 0.1) is 5.92 Å². The van der Waals surface area contributed by atoms with Crippen molar-refractivity contribution < 1.29 is 22.7 Å². The molecule has 0 unspecified atom stereocenters. The summed E-state index contributed by atoms with van der Waals surface area (Å²) in [6.45, 7) is 0.554. The van der Waals surface area contributed by atoms with Crippen molar-refractivity contribution in [2.75, 3.05) is 34.4 Å². The van der Waals surface area contributed by atoms with Crippen molar-refractivity contribution in [3.63, 3.8) is 0 Å². The number of nitrogens with zero attached hydrogens (tertiary/aromatic N) is 1. The fourth-order valence-electron chi connectivity index (χ4n) is 2.70. The molecule has 7 nitrogen and oxygen atoms in total. The van der Waals surface area contributed by atoms with Gasteiger partial charge in [0.25, 0.3) is 0 Å². The first-order chi connectivity index (χ1) is 10.9. The summed E-state index contributed by atoms with van der Waals surface area (Å²) < 4.78 is 37.5. The number of sulfonamides is 1. The minimum Gasteiger partial charge on any atom is -0.497 e. The maximum absolute atomic E-state index is 13.0. The molecule has 8 heteroatoms. The topological polar surface area (TPSA) is 84.9 Å². The Labute approximate surface area is 136 Å². The van der Waals surface area contributed by atoms with Crippen LogP contribution in [0.15, 0.2) is 23.1 Å². The van der Waals surface area contributed by atoms with E-state index in [1.807, 2.05) is 0 Å². The molecule has 0 bridgehead atoms. The molecule has 0 aliphatic carbocycles. The normalized spacial score (nSPS) is 19.2. The second kappa shape index (κ2) is 7.18. The molecule has 128 valence electrons. The van der Waals surface area contributed by atoms with E-state index in [1.54, 1.807) is 19.2 Å². The van der Waals surface area contributed by atoms with Crippen LogP contribution < -0.4 is 14.8 Å². The van der Waals surface area contributed by atoms with E-state index in [0.29, 0.717) is 25.1 Å². The van der Waals surface area contributed by atoms with Crippen LogP contribution in [0.25, 0.3) is 0 Å². The number of carbonyl (C=O) groups excluding carboxylic acids is 1. The van der Waals surface area contributed by atoms with E-state index in [1.165, 1.54) is 24.6 Å². The van der Waals surface area contributed by atoms with Gasteiger partial charge < -0.3 is 14.8 Å². The summed E-state index contributed by atoms with van der Waals surface area (Å²) in [5.74, 6) is 0.222. The Morgan fingerprint density at radius 1 is 1.30 bits per heavy atom. The maximum Gasteiger partial charge on any atom is 0.246 e. The summed E-state index contributed by atoms with van der Waals surface area (Å²) in [7, 11) is 0.687. The van der Waals surface area contributed by atoms with Crippen LogP contribution in [0.4, 0.5) is 0 Å². The average molecular weight is 342 g/mol. The van der Waals surface area contributed by atoms with Gasteiger partial charge >= 0.3 is 0 Å². The van der Waals surface area contributed by atoms with Crippen LogP contribution in [-0.2, 0) is 14.8 Å². The summed E-state index contributed by atoms with van der Waals surface area (Å²) in [6.07, 6.45) is 1.32. The number of nitrogens with one attached hydrogen (secondary N) is 1. The van der Waals surface area contributed by atoms with Crippen molar-refractivity contribution in [1.29, 1.82) is 0 Å². The third kappa shape index (κ3) is 3.59. The number of ether oxygens (including phenoxy) is 2. The van der Waals surface area contributed by atoms with Crippen molar-refractivity contribution in [3.05, 3.63) is 18.2 Å². The Hall–Kier alpha value is -1.80. The lowest BCUT2D eigenvalue weighted by Gasteiger charge is -2.31. The van der Waals surface area contributed by atoms with Crippen LogP contribution in [0.1, 0.15) is 12.8 Å². The molecule has 1 amide bonds. The van der Waals surface area contributed by atoms with E-state index in [0.717, 1.165) is 0 Å². The van der Waals surface area contributed by atoms with Crippen LogP contribution >= 0.6 is 0 Å². The highest BCUT2D eigenvalue weighted by Crippen LogP contribution is 2.32. The first-order valence-electron chi connectivity index (χ1n) is 7.37. The molecule has 2 rings (SSSR count). The summed E-state index contributed by atoms with van der Waals surface area (Å²) in [5.41, 5.74) is 0. The molecule has 1 aromatic carbocycles. The van der Waals surface area contributed by atoms with Gasteiger partial charge in [0.15, 0.2) is 0 Å². The van der Waals surface area contributed by atoms with E-state index >= 15 is 0 Å². The predicted molar refractivity (Wildman–Crippen MR) is 85.1 cm³/mol. The summed E-state index contributed by atoms with van der Waals surface area (Å²) in [5, 5.41) is 2.58. The molecule has 0 aromatic heterocycles. The van der Waals surface area contributed by atoms with E-state index in [2.05, 4.69) is 5.32 Å². The molecule has 0 radical (unpaired) electrons.